The molecule has 330 valence electrons. The number of rotatable bonds is 6. The van der Waals surface area contributed by atoms with E-state index in [2.05, 4.69) is 261 Å². The molecule has 8 aromatic carbocycles. The third kappa shape index (κ3) is 7.59. The summed E-state index contributed by atoms with van der Waals surface area (Å²) in [4.78, 5) is 5.00. The Morgan fingerprint density at radius 1 is 0.379 bits per heavy atom. The van der Waals surface area contributed by atoms with Crippen molar-refractivity contribution in [3.63, 3.8) is 0 Å². The zero-order chi connectivity index (χ0) is 46.5. The van der Waals surface area contributed by atoms with E-state index < -0.39 is 0 Å². The first-order chi connectivity index (χ1) is 31.3. The third-order valence-electron chi connectivity index (χ3n) is 14.1. The number of hydrogen-bond donors (Lipinski definition) is 0. The number of para-hydroxylation sites is 1. The molecular weight excluding hydrogens is 798 g/mol. The fourth-order valence-corrected chi connectivity index (χ4v) is 10.2. The lowest BCUT2D eigenvalue weighted by Gasteiger charge is -2.35. The molecule has 4 heteroatoms. The van der Waals surface area contributed by atoms with Crippen molar-refractivity contribution < 1.29 is 0 Å². The van der Waals surface area contributed by atoms with Crippen LogP contribution in [0, 0.1) is 0 Å². The molecule has 0 spiro atoms. The van der Waals surface area contributed by atoms with E-state index in [1.165, 1.54) is 77.1 Å². The van der Waals surface area contributed by atoms with Crippen molar-refractivity contribution in [1.82, 2.24) is 4.48 Å². The van der Waals surface area contributed by atoms with Gasteiger partial charge in [0.25, 0.3) is 7.41 Å². The van der Waals surface area contributed by atoms with Crippen LogP contribution in [0.4, 0.5) is 34.1 Å². The summed E-state index contributed by atoms with van der Waals surface area (Å²) >= 11 is 0. The Bertz CT molecular complexity index is 3160. The lowest BCUT2D eigenvalue weighted by atomic mass is 9.72. The quantitative estimate of drug-likeness (QED) is 0.154. The number of fused-ring (bicyclic) bond motifs is 7. The Morgan fingerprint density at radius 2 is 0.818 bits per heavy atom. The van der Waals surface area contributed by atoms with Crippen molar-refractivity contribution in [2.24, 2.45) is 0 Å². The Kier molecular flexibility index (Phi) is 10.2. The standard InChI is InChI=1S/C62H64BN3/c1-59(2,3)41-21-29-45(30-22-41)64(46-31-23-42(24-32-46)60(4,5)6)49-38-53-51-18-15-19-52-56-50-17-14-13-16-40(50)20-37-54(56)66(58(51)52)63-57(53)55(39-49)65(47-33-25-43(26-34-47)61(7,8)9)48-35-27-44(28-36-48)62(10,11)12/h13-39,63H,1-12H3. The number of nitrogens with zero attached hydrogens (tertiary/aromatic N) is 3. The van der Waals surface area contributed by atoms with Crippen molar-refractivity contribution >= 4 is 79.6 Å². The summed E-state index contributed by atoms with van der Waals surface area (Å²) in [6, 6.07) is 62.5. The summed E-state index contributed by atoms with van der Waals surface area (Å²) in [5.74, 6) is 0. The van der Waals surface area contributed by atoms with Gasteiger partial charge in [-0.1, -0.05) is 180 Å². The molecule has 0 saturated heterocycles. The Balaban J connectivity index is 1.29. The van der Waals surface area contributed by atoms with Crippen LogP contribution in [0.3, 0.4) is 0 Å². The predicted molar refractivity (Wildman–Crippen MR) is 289 cm³/mol. The summed E-state index contributed by atoms with van der Waals surface area (Å²) in [6.07, 6.45) is 0. The van der Waals surface area contributed by atoms with Gasteiger partial charge in [0.05, 0.1) is 0 Å². The molecule has 1 aliphatic heterocycles. The molecule has 1 aromatic heterocycles. The third-order valence-corrected chi connectivity index (χ3v) is 14.1. The van der Waals surface area contributed by atoms with Gasteiger partial charge in [-0.25, -0.2) is 0 Å². The van der Waals surface area contributed by atoms with Crippen LogP contribution in [-0.2, 0) is 21.7 Å². The molecule has 9 aromatic rings. The van der Waals surface area contributed by atoms with E-state index in [1.807, 2.05) is 0 Å². The molecule has 1 aliphatic rings. The molecular formula is C62H64BN3. The smallest absolute Gasteiger partial charge is 0.278 e. The van der Waals surface area contributed by atoms with E-state index in [9.17, 15) is 0 Å². The van der Waals surface area contributed by atoms with Crippen molar-refractivity contribution in [1.29, 1.82) is 0 Å². The Labute approximate surface area is 394 Å². The number of benzene rings is 8. The molecule has 0 bridgehead atoms. The molecule has 0 amide bonds. The fourth-order valence-electron chi connectivity index (χ4n) is 10.2. The van der Waals surface area contributed by atoms with Gasteiger partial charge in [-0.2, -0.15) is 0 Å². The van der Waals surface area contributed by atoms with Gasteiger partial charge in [-0.15, -0.1) is 0 Å². The van der Waals surface area contributed by atoms with Crippen molar-refractivity contribution in [3.05, 3.63) is 186 Å². The summed E-state index contributed by atoms with van der Waals surface area (Å²) in [5.41, 5.74) is 18.6. The highest BCUT2D eigenvalue weighted by molar-refractivity contribution is 6.61. The minimum absolute atomic E-state index is 0.0249. The van der Waals surface area contributed by atoms with E-state index in [1.54, 1.807) is 0 Å². The first kappa shape index (κ1) is 43.4. The fraction of sp³-hybridized carbons (Fsp3) is 0.258. The molecule has 0 saturated carbocycles. The highest BCUT2D eigenvalue weighted by Crippen LogP contribution is 2.47. The van der Waals surface area contributed by atoms with E-state index in [-0.39, 0.29) is 21.7 Å². The van der Waals surface area contributed by atoms with Crippen molar-refractivity contribution in [3.8, 4) is 11.1 Å². The minimum Gasteiger partial charge on any atom is -0.383 e. The van der Waals surface area contributed by atoms with Crippen LogP contribution in [0.1, 0.15) is 105 Å². The molecule has 0 N–H and O–H groups in total. The van der Waals surface area contributed by atoms with Gasteiger partial charge in [-0.3, -0.25) is 0 Å². The minimum atomic E-state index is 0.0249. The van der Waals surface area contributed by atoms with E-state index in [0.29, 0.717) is 0 Å². The molecule has 0 radical (unpaired) electrons. The van der Waals surface area contributed by atoms with Gasteiger partial charge < -0.3 is 14.3 Å². The second kappa shape index (κ2) is 15.5. The van der Waals surface area contributed by atoms with Crippen LogP contribution < -0.4 is 15.3 Å². The molecule has 66 heavy (non-hydrogen) atoms. The number of hydrogen-bond acceptors (Lipinski definition) is 2. The summed E-state index contributed by atoms with van der Waals surface area (Å²) in [5, 5.41) is 5.19. The Hall–Kier alpha value is -6.52. The van der Waals surface area contributed by atoms with Crippen molar-refractivity contribution in [2.75, 3.05) is 9.80 Å². The van der Waals surface area contributed by atoms with Crippen LogP contribution in [0.25, 0.3) is 43.7 Å². The molecule has 0 fully saturated rings. The monoisotopic (exact) mass is 862 g/mol. The van der Waals surface area contributed by atoms with Crippen molar-refractivity contribution in [2.45, 2.75) is 105 Å². The van der Waals surface area contributed by atoms with Gasteiger partial charge in [0.1, 0.15) is 0 Å². The maximum Gasteiger partial charge on any atom is 0.278 e. The average Bonchev–Trinajstić information content (AvgIpc) is 3.61. The number of anilines is 6. The predicted octanol–water partition coefficient (Wildman–Crippen LogP) is 16.6. The second-order valence-corrected chi connectivity index (χ2v) is 22.8. The maximum atomic E-state index is 2.59. The first-order valence-corrected chi connectivity index (χ1v) is 23.9. The Morgan fingerprint density at radius 3 is 1.29 bits per heavy atom. The lowest BCUT2D eigenvalue weighted by molar-refractivity contribution is 0.590. The van der Waals surface area contributed by atoms with Gasteiger partial charge in [0.15, 0.2) is 0 Å². The normalized spacial score (nSPS) is 13.0. The zero-order valence-corrected chi connectivity index (χ0v) is 41.1. The topological polar surface area (TPSA) is 11.4 Å². The number of aromatic nitrogens is 1. The second-order valence-electron chi connectivity index (χ2n) is 22.8. The summed E-state index contributed by atoms with van der Waals surface area (Å²) in [6.45, 7) is 27.5. The van der Waals surface area contributed by atoms with Gasteiger partial charge in [-0.05, 0) is 132 Å². The van der Waals surface area contributed by atoms with Gasteiger partial charge in [0.2, 0.25) is 0 Å². The SMILES string of the molecule is CC(C)(C)c1ccc(N(c2ccc(C(C)(C)C)cc2)c2cc3c(c(N(c4ccc(C(C)(C)C)cc4)c4ccc(C(C)(C)C)cc4)c2)Bn2c4ccc5ccccc5c4c4cccc-3c42)cc1. The largest absolute Gasteiger partial charge is 0.383 e. The molecule has 2 heterocycles. The average molecular weight is 862 g/mol. The van der Waals surface area contributed by atoms with E-state index >= 15 is 0 Å². The van der Waals surface area contributed by atoms with Crippen LogP contribution >= 0.6 is 0 Å². The maximum absolute atomic E-state index is 2.59. The molecule has 0 atom stereocenters. The highest BCUT2D eigenvalue weighted by Gasteiger charge is 2.31. The molecule has 0 unspecified atom stereocenters. The molecule has 0 aliphatic carbocycles. The highest BCUT2D eigenvalue weighted by atomic mass is 15.2. The molecule has 10 rings (SSSR count). The van der Waals surface area contributed by atoms with E-state index in [0.717, 1.165) is 35.9 Å². The zero-order valence-electron chi connectivity index (χ0n) is 41.1. The summed E-state index contributed by atoms with van der Waals surface area (Å²) in [7, 11) is 0.734. The van der Waals surface area contributed by atoms with E-state index in [4.69, 9.17) is 0 Å². The lowest BCUT2D eigenvalue weighted by Crippen LogP contribution is -2.33. The molecule has 3 nitrogen and oxygen atoms in total. The van der Waals surface area contributed by atoms with Crippen LogP contribution in [0.5, 0.6) is 0 Å². The summed E-state index contributed by atoms with van der Waals surface area (Å²) < 4.78 is 2.59. The van der Waals surface area contributed by atoms with Gasteiger partial charge in [0, 0.05) is 61.5 Å². The van der Waals surface area contributed by atoms with Crippen LogP contribution in [0.2, 0.25) is 0 Å². The van der Waals surface area contributed by atoms with Crippen LogP contribution in [-0.4, -0.2) is 11.9 Å². The first-order valence-electron chi connectivity index (χ1n) is 23.9. The van der Waals surface area contributed by atoms with Crippen LogP contribution in [0.15, 0.2) is 164 Å². The van der Waals surface area contributed by atoms with Gasteiger partial charge >= 0.3 is 0 Å².